The predicted octanol–water partition coefficient (Wildman–Crippen LogP) is 4.97. The SMILES string of the molecule is CC(/C=C\C=C(\F)CF)[C@H]1[C@H](C(=O)N[C@H]2C[C@@](C)(O)C2)N[C@@H](CC(C)(C)C)[C@@]12C(=O)Nc1cc(Cl)ccc12. The van der Waals surface area contributed by atoms with Crippen molar-refractivity contribution < 1.29 is 23.5 Å². The van der Waals surface area contributed by atoms with Crippen molar-refractivity contribution in [3.05, 3.63) is 52.8 Å². The number of aliphatic hydroxyl groups is 1. The highest BCUT2D eigenvalue weighted by molar-refractivity contribution is 6.31. The number of halogens is 3. The maximum Gasteiger partial charge on any atom is 0.237 e. The molecule has 0 radical (unpaired) electrons. The summed E-state index contributed by atoms with van der Waals surface area (Å²) in [6, 6.07) is 4.03. The molecule has 38 heavy (non-hydrogen) atoms. The Morgan fingerprint density at radius 1 is 1.34 bits per heavy atom. The van der Waals surface area contributed by atoms with E-state index < -0.39 is 35.5 Å². The number of carbonyl (C=O) groups excluding carboxylic acids is 2. The van der Waals surface area contributed by atoms with Crippen molar-refractivity contribution >= 4 is 29.1 Å². The molecule has 1 saturated heterocycles. The lowest BCUT2D eigenvalue weighted by molar-refractivity contribution is -0.128. The lowest BCUT2D eigenvalue weighted by Gasteiger charge is -2.42. The van der Waals surface area contributed by atoms with Crippen LogP contribution in [0.1, 0.15) is 59.4 Å². The smallest absolute Gasteiger partial charge is 0.237 e. The van der Waals surface area contributed by atoms with Crippen molar-refractivity contribution in [3.63, 3.8) is 0 Å². The molecule has 5 atom stereocenters. The highest BCUT2D eigenvalue weighted by Gasteiger charge is 2.66. The Morgan fingerprint density at radius 2 is 2.03 bits per heavy atom. The molecule has 1 aliphatic carbocycles. The first-order valence-electron chi connectivity index (χ1n) is 13.2. The van der Waals surface area contributed by atoms with Crippen molar-refractivity contribution in [2.45, 2.75) is 83.0 Å². The molecular formula is C29H38ClF2N3O3. The van der Waals surface area contributed by atoms with E-state index in [9.17, 15) is 23.5 Å². The summed E-state index contributed by atoms with van der Waals surface area (Å²) in [5.74, 6) is -2.27. The van der Waals surface area contributed by atoms with Crippen LogP contribution in [0.5, 0.6) is 0 Å². The summed E-state index contributed by atoms with van der Waals surface area (Å²) >= 11 is 6.27. The quantitative estimate of drug-likeness (QED) is 0.362. The first kappa shape index (κ1) is 28.7. The summed E-state index contributed by atoms with van der Waals surface area (Å²) in [6.07, 6.45) is 5.74. The molecule has 1 aromatic carbocycles. The van der Waals surface area contributed by atoms with Gasteiger partial charge in [-0.2, -0.15) is 0 Å². The Morgan fingerprint density at radius 3 is 2.63 bits per heavy atom. The fourth-order valence-corrected chi connectivity index (χ4v) is 6.81. The number of alkyl halides is 1. The highest BCUT2D eigenvalue weighted by Crippen LogP contribution is 2.55. The zero-order valence-corrected chi connectivity index (χ0v) is 23.3. The van der Waals surface area contributed by atoms with Gasteiger partial charge in [-0.3, -0.25) is 9.59 Å². The van der Waals surface area contributed by atoms with E-state index in [1.54, 1.807) is 25.1 Å². The average Bonchev–Trinajstić information content (AvgIpc) is 3.26. The fraction of sp³-hybridized carbons (Fsp3) is 0.586. The van der Waals surface area contributed by atoms with Gasteiger partial charge in [0, 0.05) is 28.7 Å². The summed E-state index contributed by atoms with van der Waals surface area (Å²) in [7, 11) is 0. The zero-order chi connectivity index (χ0) is 28.0. The number of benzene rings is 1. The van der Waals surface area contributed by atoms with Crippen molar-refractivity contribution in [2.24, 2.45) is 17.3 Å². The van der Waals surface area contributed by atoms with Gasteiger partial charge in [0.25, 0.3) is 0 Å². The van der Waals surface area contributed by atoms with Crippen LogP contribution in [0.3, 0.4) is 0 Å². The van der Waals surface area contributed by atoms with Crippen molar-refractivity contribution in [1.29, 1.82) is 0 Å². The van der Waals surface area contributed by atoms with E-state index in [0.29, 0.717) is 30.0 Å². The van der Waals surface area contributed by atoms with Gasteiger partial charge in [0.15, 0.2) is 0 Å². The maximum absolute atomic E-state index is 14.0. The van der Waals surface area contributed by atoms with Crippen LogP contribution < -0.4 is 16.0 Å². The number of anilines is 1. The van der Waals surface area contributed by atoms with Crippen LogP contribution in [0.4, 0.5) is 14.5 Å². The van der Waals surface area contributed by atoms with E-state index in [1.807, 2.05) is 13.0 Å². The average molecular weight is 550 g/mol. The number of allylic oxidation sites excluding steroid dienone is 4. The molecule has 2 aliphatic heterocycles. The Labute approximate surface area is 228 Å². The number of rotatable bonds is 7. The molecule has 3 aliphatic rings. The molecule has 2 amide bonds. The summed E-state index contributed by atoms with van der Waals surface area (Å²) in [6.45, 7) is 8.69. The van der Waals surface area contributed by atoms with Crippen LogP contribution in [-0.4, -0.2) is 47.3 Å². The van der Waals surface area contributed by atoms with Crippen molar-refractivity contribution in [1.82, 2.24) is 10.6 Å². The molecule has 0 aromatic heterocycles. The Balaban J connectivity index is 1.81. The summed E-state index contributed by atoms with van der Waals surface area (Å²) in [5.41, 5.74) is -0.695. The molecule has 2 fully saturated rings. The summed E-state index contributed by atoms with van der Waals surface area (Å²) < 4.78 is 26.2. The van der Waals surface area contributed by atoms with Gasteiger partial charge in [0.05, 0.1) is 17.1 Å². The minimum atomic E-state index is -1.20. The fourth-order valence-electron chi connectivity index (χ4n) is 6.64. The van der Waals surface area contributed by atoms with Crippen LogP contribution in [0.25, 0.3) is 0 Å². The third kappa shape index (κ3) is 5.40. The third-order valence-electron chi connectivity index (χ3n) is 8.07. The summed E-state index contributed by atoms with van der Waals surface area (Å²) in [4.78, 5) is 27.8. The van der Waals surface area contributed by atoms with Crippen LogP contribution in [0, 0.1) is 17.3 Å². The van der Waals surface area contributed by atoms with Gasteiger partial charge >= 0.3 is 0 Å². The molecule has 208 valence electrons. The number of amides is 2. The number of nitrogens with one attached hydrogen (secondary N) is 3. The Kier molecular flexibility index (Phi) is 7.83. The molecule has 1 spiro atoms. The molecule has 1 unspecified atom stereocenters. The Hall–Kier alpha value is -2.29. The van der Waals surface area contributed by atoms with Gasteiger partial charge in [-0.15, -0.1) is 0 Å². The van der Waals surface area contributed by atoms with E-state index in [1.165, 1.54) is 6.08 Å². The molecule has 4 rings (SSSR count). The van der Waals surface area contributed by atoms with Crippen LogP contribution in [-0.2, 0) is 15.0 Å². The van der Waals surface area contributed by atoms with Gasteiger partial charge in [-0.25, -0.2) is 8.78 Å². The molecule has 4 N–H and O–H groups in total. The second kappa shape index (κ2) is 10.4. The Bertz CT molecular complexity index is 1150. The van der Waals surface area contributed by atoms with E-state index >= 15 is 0 Å². The summed E-state index contributed by atoms with van der Waals surface area (Å²) in [5, 5.41) is 20.3. The van der Waals surface area contributed by atoms with Crippen LogP contribution in [0.2, 0.25) is 5.02 Å². The normalized spacial score (nSPS) is 33.8. The van der Waals surface area contributed by atoms with Gasteiger partial charge in [-0.05, 0) is 61.3 Å². The van der Waals surface area contributed by atoms with Crippen LogP contribution >= 0.6 is 11.6 Å². The number of hydrogen-bond donors (Lipinski definition) is 4. The van der Waals surface area contributed by atoms with Crippen molar-refractivity contribution in [2.75, 3.05) is 12.0 Å². The van der Waals surface area contributed by atoms with E-state index in [4.69, 9.17) is 11.6 Å². The minimum Gasteiger partial charge on any atom is -0.390 e. The van der Waals surface area contributed by atoms with Crippen molar-refractivity contribution in [3.8, 4) is 0 Å². The number of fused-ring (bicyclic) bond motifs is 2. The molecule has 2 heterocycles. The molecule has 6 nitrogen and oxygen atoms in total. The maximum atomic E-state index is 14.0. The third-order valence-corrected chi connectivity index (χ3v) is 8.31. The highest BCUT2D eigenvalue weighted by atomic mass is 35.5. The minimum absolute atomic E-state index is 0.159. The second-order valence-corrected chi connectivity index (χ2v) is 13.0. The molecule has 1 aromatic rings. The molecule has 9 heteroatoms. The van der Waals surface area contributed by atoms with Gasteiger partial charge in [0.1, 0.15) is 12.5 Å². The largest absolute Gasteiger partial charge is 0.390 e. The first-order chi connectivity index (χ1) is 17.7. The first-order valence-corrected chi connectivity index (χ1v) is 13.5. The second-order valence-electron chi connectivity index (χ2n) is 12.6. The monoisotopic (exact) mass is 549 g/mol. The number of carbonyl (C=O) groups is 2. The van der Waals surface area contributed by atoms with E-state index in [0.717, 1.165) is 11.6 Å². The lowest BCUT2D eigenvalue weighted by atomic mass is 9.61. The standard InChI is InChI=1S/C29H38ClF2N3O3/c1-16(7-6-8-18(32)15-31)23-24(25(36)33-19-12-28(5,38)13-19)35-22(14-27(2,3)4)29(23)20-10-9-17(30)11-21(20)34-26(29)37/h6-11,16,19,22-24,35,38H,12-15H2,1-5H3,(H,33,36)(H,34,37)/b7-6-,18-8+/t16?,19-,22-,23-,24+,28+,29+/m0/s1. The van der Waals surface area contributed by atoms with E-state index in [2.05, 4.69) is 36.7 Å². The zero-order valence-electron chi connectivity index (χ0n) is 22.6. The lowest BCUT2D eigenvalue weighted by Crippen LogP contribution is -2.58. The van der Waals surface area contributed by atoms with Gasteiger partial charge in [0.2, 0.25) is 11.8 Å². The van der Waals surface area contributed by atoms with Gasteiger partial charge < -0.3 is 21.1 Å². The van der Waals surface area contributed by atoms with Gasteiger partial charge in [-0.1, -0.05) is 57.5 Å². The van der Waals surface area contributed by atoms with E-state index in [-0.39, 0.29) is 35.2 Å². The van der Waals surface area contributed by atoms with Crippen LogP contribution in [0.15, 0.2) is 42.3 Å². The topological polar surface area (TPSA) is 90.5 Å². The molecule has 0 bridgehead atoms. The molecule has 1 saturated carbocycles. The molecular weight excluding hydrogens is 512 g/mol. The predicted molar refractivity (Wildman–Crippen MR) is 145 cm³/mol. The number of hydrogen-bond acceptors (Lipinski definition) is 4.